The summed E-state index contributed by atoms with van der Waals surface area (Å²) in [5.41, 5.74) is 7.45. The Hall–Kier alpha value is -1.55. The van der Waals surface area contributed by atoms with Gasteiger partial charge in [0.2, 0.25) is 0 Å². The van der Waals surface area contributed by atoms with E-state index in [-0.39, 0.29) is 11.9 Å². The predicted octanol–water partition coefficient (Wildman–Crippen LogP) is 2.64. The Morgan fingerprint density at radius 2 is 2.05 bits per heavy atom. The molecule has 1 aromatic rings. The molecule has 1 atom stereocenters. The van der Waals surface area contributed by atoms with Crippen LogP contribution >= 0.6 is 0 Å². The third kappa shape index (κ3) is 2.96. The van der Waals surface area contributed by atoms with Gasteiger partial charge in [-0.1, -0.05) is 35.5 Å². The summed E-state index contributed by atoms with van der Waals surface area (Å²) in [4.78, 5) is 0. The van der Waals surface area contributed by atoms with Crippen molar-refractivity contribution in [2.75, 3.05) is 6.54 Å². The van der Waals surface area contributed by atoms with Gasteiger partial charge in [0.15, 0.2) is 0 Å². The molecule has 0 bridgehead atoms. The molecule has 0 aliphatic heterocycles. The summed E-state index contributed by atoms with van der Waals surface area (Å²) in [6.45, 7) is 1.05. The molecule has 2 saturated carbocycles. The highest BCUT2D eigenvalue weighted by molar-refractivity contribution is 5.80. The first-order valence-electron chi connectivity index (χ1n) is 7.48. The van der Waals surface area contributed by atoms with Crippen molar-refractivity contribution < 1.29 is 5.21 Å². The van der Waals surface area contributed by atoms with Crippen molar-refractivity contribution in [3.8, 4) is 0 Å². The Morgan fingerprint density at radius 3 is 2.60 bits per heavy atom. The Balaban J connectivity index is 1.65. The number of rotatable bonds is 7. The summed E-state index contributed by atoms with van der Waals surface area (Å²) in [6.07, 6.45) is 6.06. The van der Waals surface area contributed by atoms with Gasteiger partial charge in [0.05, 0.1) is 0 Å². The number of hydrogen-bond donors (Lipinski definition) is 3. The van der Waals surface area contributed by atoms with Gasteiger partial charge < -0.3 is 16.3 Å². The fourth-order valence-electron chi connectivity index (χ4n) is 3.16. The SMILES string of the molecule is N/C(CC(NCC1(C2CC2)CC1)c1ccccc1)=N/O. The largest absolute Gasteiger partial charge is 0.409 e. The second kappa shape index (κ2) is 5.44. The summed E-state index contributed by atoms with van der Waals surface area (Å²) >= 11 is 0. The van der Waals surface area contributed by atoms with Gasteiger partial charge in [-0.15, -0.1) is 0 Å². The standard InChI is InChI=1S/C16H23N3O/c17-15(19-20)10-14(12-4-2-1-3-5-12)18-11-16(8-9-16)13-6-7-13/h1-5,13-14,18,20H,6-11H2,(H2,17,19). The van der Waals surface area contributed by atoms with Crippen LogP contribution in [0.5, 0.6) is 0 Å². The lowest BCUT2D eigenvalue weighted by Crippen LogP contribution is -2.32. The average Bonchev–Trinajstić information content (AvgIpc) is 3.37. The molecule has 0 saturated heterocycles. The van der Waals surface area contributed by atoms with E-state index in [2.05, 4.69) is 22.6 Å². The molecule has 3 rings (SSSR count). The second-order valence-corrected chi connectivity index (χ2v) is 6.28. The van der Waals surface area contributed by atoms with E-state index in [9.17, 15) is 0 Å². The van der Waals surface area contributed by atoms with E-state index in [0.717, 1.165) is 12.5 Å². The van der Waals surface area contributed by atoms with Crippen LogP contribution in [0.3, 0.4) is 0 Å². The lowest BCUT2D eigenvalue weighted by Gasteiger charge is -2.23. The third-order valence-electron chi connectivity index (χ3n) is 4.78. The van der Waals surface area contributed by atoms with Gasteiger partial charge in [0.25, 0.3) is 0 Å². The van der Waals surface area contributed by atoms with Crippen LogP contribution in [0, 0.1) is 11.3 Å². The van der Waals surface area contributed by atoms with Crippen molar-refractivity contribution in [3.63, 3.8) is 0 Å². The van der Waals surface area contributed by atoms with Gasteiger partial charge in [-0.2, -0.15) is 0 Å². The van der Waals surface area contributed by atoms with Gasteiger partial charge in [-0.3, -0.25) is 0 Å². The van der Waals surface area contributed by atoms with Crippen molar-refractivity contribution in [3.05, 3.63) is 35.9 Å². The molecule has 0 heterocycles. The zero-order valence-electron chi connectivity index (χ0n) is 11.8. The first kappa shape index (κ1) is 13.4. The van der Waals surface area contributed by atoms with Crippen molar-refractivity contribution in [1.29, 1.82) is 0 Å². The lowest BCUT2D eigenvalue weighted by atomic mass is 9.98. The Morgan fingerprint density at radius 1 is 1.35 bits per heavy atom. The Labute approximate surface area is 120 Å². The summed E-state index contributed by atoms with van der Waals surface area (Å²) in [5.74, 6) is 1.22. The highest BCUT2D eigenvalue weighted by Crippen LogP contribution is 2.61. The summed E-state index contributed by atoms with van der Waals surface area (Å²) in [6, 6.07) is 10.4. The molecule has 2 aliphatic carbocycles. The second-order valence-electron chi connectivity index (χ2n) is 6.28. The maximum atomic E-state index is 8.80. The number of nitrogens with one attached hydrogen (secondary N) is 1. The van der Waals surface area contributed by atoms with Gasteiger partial charge in [0, 0.05) is 19.0 Å². The van der Waals surface area contributed by atoms with Crippen LogP contribution in [0.2, 0.25) is 0 Å². The zero-order valence-corrected chi connectivity index (χ0v) is 11.8. The van der Waals surface area contributed by atoms with Crippen LogP contribution in [0.4, 0.5) is 0 Å². The summed E-state index contributed by atoms with van der Waals surface area (Å²) in [7, 11) is 0. The molecule has 4 nitrogen and oxygen atoms in total. The molecular weight excluding hydrogens is 250 g/mol. The monoisotopic (exact) mass is 273 g/mol. The quantitative estimate of drug-likeness (QED) is 0.309. The minimum atomic E-state index is 0.128. The maximum Gasteiger partial charge on any atom is 0.141 e. The van der Waals surface area contributed by atoms with E-state index in [1.165, 1.54) is 31.2 Å². The average molecular weight is 273 g/mol. The van der Waals surface area contributed by atoms with Crippen LogP contribution in [0.15, 0.2) is 35.5 Å². The molecular formula is C16H23N3O. The minimum Gasteiger partial charge on any atom is -0.409 e. The normalized spacial score (nSPS) is 22.5. The minimum absolute atomic E-state index is 0.128. The number of benzene rings is 1. The molecule has 2 fully saturated rings. The molecule has 0 amide bonds. The Bertz CT molecular complexity index is 478. The lowest BCUT2D eigenvalue weighted by molar-refractivity contribution is 0.314. The zero-order chi connectivity index (χ0) is 14.0. The van der Waals surface area contributed by atoms with E-state index in [1.54, 1.807) is 0 Å². The molecule has 108 valence electrons. The van der Waals surface area contributed by atoms with Crippen LogP contribution < -0.4 is 11.1 Å². The van der Waals surface area contributed by atoms with Crippen molar-refractivity contribution in [2.45, 2.75) is 38.1 Å². The van der Waals surface area contributed by atoms with E-state index in [4.69, 9.17) is 10.9 Å². The molecule has 0 spiro atoms. The van der Waals surface area contributed by atoms with E-state index in [1.807, 2.05) is 18.2 Å². The molecule has 0 radical (unpaired) electrons. The van der Waals surface area contributed by atoms with Crippen LogP contribution in [0.25, 0.3) is 0 Å². The number of nitrogens with two attached hydrogens (primary N) is 1. The first-order valence-corrected chi connectivity index (χ1v) is 7.48. The van der Waals surface area contributed by atoms with Gasteiger partial charge >= 0.3 is 0 Å². The summed E-state index contributed by atoms with van der Waals surface area (Å²) in [5, 5.41) is 15.6. The first-order chi connectivity index (χ1) is 9.73. The molecule has 20 heavy (non-hydrogen) atoms. The third-order valence-corrected chi connectivity index (χ3v) is 4.78. The number of amidine groups is 1. The molecule has 1 aromatic carbocycles. The molecule has 4 N–H and O–H groups in total. The molecule has 1 unspecified atom stereocenters. The van der Waals surface area contributed by atoms with Crippen molar-refractivity contribution >= 4 is 5.84 Å². The van der Waals surface area contributed by atoms with Gasteiger partial charge in [-0.25, -0.2) is 0 Å². The van der Waals surface area contributed by atoms with E-state index < -0.39 is 0 Å². The van der Waals surface area contributed by atoms with Crippen molar-refractivity contribution in [2.24, 2.45) is 22.2 Å². The highest BCUT2D eigenvalue weighted by atomic mass is 16.4. The van der Waals surface area contributed by atoms with Crippen LogP contribution in [-0.2, 0) is 0 Å². The molecule has 2 aliphatic rings. The fourth-order valence-corrected chi connectivity index (χ4v) is 3.16. The predicted molar refractivity (Wildman–Crippen MR) is 79.6 cm³/mol. The highest BCUT2D eigenvalue weighted by Gasteiger charge is 2.53. The van der Waals surface area contributed by atoms with Gasteiger partial charge in [-0.05, 0) is 42.6 Å². The van der Waals surface area contributed by atoms with Gasteiger partial charge in [0.1, 0.15) is 5.84 Å². The van der Waals surface area contributed by atoms with Crippen molar-refractivity contribution in [1.82, 2.24) is 5.32 Å². The topological polar surface area (TPSA) is 70.6 Å². The van der Waals surface area contributed by atoms with Crippen LogP contribution in [-0.4, -0.2) is 17.6 Å². The fraction of sp³-hybridized carbons (Fsp3) is 0.562. The maximum absolute atomic E-state index is 8.80. The summed E-state index contributed by atoms with van der Waals surface area (Å²) < 4.78 is 0. The number of oxime groups is 1. The van der Waals surface area contributed by atoms with E-state index in [0.29, 0.717) is 11.8 Å². The van der Waals surface area contributed by atoms with E-state index >= 15 is 0 Å². The number of hydrogen-bond acceptors (Lipinski definition) is 3. The number of nitrogens with zero attached hydrogens (tertiary/aromatic N) is 1. The molecule has 0 aromatic heterocycles. The molecule has 4 heteroatoms. The van der Waals surface area contributed by atoms with Crippen LogP contribution in [0.1, 0.15) is 43.7 Å². The Kier molecular flexibility index (Phi) is 3.66. The smallest absolute Gasteiger partial charge is 0.141 e.